The van der Waals surface area contributed by atoms with Crippen LogP contribution in [0.4, 0.5) is 23.1 Å². The highest BCUT2D eigenvalue weighted by molar-refractivity contribution is 5.58. The summed E-state index contributed by atoms with van der Waals surface area (Å²) in [4.78, 5) is 41.0. The second-order valence-electron chi connectivity index (χ2n) is 8.33. The van der Waals surface area contributed by atoms with Crippen LogP contribution in [-0.2, 0) is 16.0 Å². The van der Waals surface area contributed by atoms with Gasteiger partial charge in [0.1, 0.15) is 11.8 Å². The highest BCUT2D eigenvalue weighted by Gasteiger charge is 2.20. The minimum Gasteiger partial charge on any atom is -0.462 e. The van der Waals surface area contributed by atoms with E-state index in [0.29, 0.717) is 31.9 Å². The maximum atomic E-state index is 11.3. The highest BCUT2D eigenvalue weighted by atomic mass is 16.6. The molecular weight excluding hydrogens is 444 g/mol. The number of carbonyl (C=O) groups excluding carboxylic acids is 1. The van der Waals surface area contributed by atoms with Gasteiger partial charge in [0.05, 0.1) is 9.85 Å². The number of nitrogens with zero attached hydrogens (tertiary/aromatic N) is 5. The highest BCUT2D eigenvalue weighted by Crippen LogP contribution is 2.25. The first-order valence-electron chi connectivity index (χ1n) is 10.8. The van der Waals surface area contributed by atoms with Gasteiger partial charge in [-0.15, -0.1) is 0 Å². The van der Waals surface area contributed by atoms with Crippen LogP contribution in [0.15, 0.2) is 30.5 Å². The molecule has 34 heavy (non-hydrogen) atoms. The Kier molecular flexibility index (Phi) is 10.8. The zero-order chi connectivity index (χ0) is 25.9. The van der Waals surface area contributed by atoms with Crippen LogP contribution in [0.5, 0.6) is 0 Å². The van der Waals surface area contributed by atoms with Crippen molar-refractivity contribution in [3.05, 3.63) is 56.3 Å². The predicted molar refractivity (Wildman–Crippen MR) is 129 cm³/mol. The molecule has 1 N–H and O–H groups in total. The average molecular weight is 477 g/mol. The van der Waals surface area contributed by atoms with Crippen molar-refractivity contribution in [2.24, 2.45) is 0 Å². The molecule has 0 saturated heterocycles. The molecule has 1 atom stereocenters. The van der Waals surface area contributed by atoms with Crippen LogP contribution in [0.1, 0.15) is 47.1 Å². The second kappa shape index (κ2) is 13.0. The van der Waals surface area contributed by atoms with E-state index in [1.165, 1.54) is 18.3 Å². The van der Waals surface area contributed by atoms with E-state index in [9.17, 15) is 25.0 Å². The molecule has 0 spiro atoms. The number of nitro groups is 2. The molecule has 1 heterocycles. The first-order chi connectivity index (χ1) is 15.9. The Morgan fingerprint density at radius 1 is 1.12 bits per heavy atom. The average Bonchev–Trinajstić information content (AvgIpc) is 2.74. The summed E-state index contributed by atoms with van der Waals surface area (Å²) in [5.74, 6) is 0.585. The molecule has 0 radical (unpaired) electrons. The fraction of sp³-hybridized carbons (Fsp3) is 0.500. The topological polar surface area (TPSA) is 154 Å². The molecule has 1 aromatic heterocycles. The summed E-state index contributed by atoms with van der Waals surface area (Å²) in [5, 5.41) is 25.1. The number of aromatic nitrogens is 2. The number of rotatable bonds is 10. The molecule has 0 aliphatic rings. The van der Waals surface area contributed by atoms with E-state index in [0.717, 1.165) is 5.56 Å². The number of nitrogens with one attached hydrogen (secondary N) is 1. The summed E-state index contributed by atoms with van der Waals surface area (Å²) in [6.45, 7) is 13.1. The number of hydrogen-bond donors (Lipinski definition) is 1. The molecule has 12 heteroatoms. The van der Waals surface area contributed by atoms with E-state index in [-0.39, 0.29) is 28.8 Å². The normalized spacial score (nSPS) is 11.5. The molecule has 12 nitrogen and oxygen atoms in total. The molecule has 1 aromatic carbocycles. The van der Waals surface area contributed by atoms with Gasteiger partial charge in [0.2, 0.25) is 11.8 Å². The quantitative estimate of drug-likeness (QED) is 0.300. The standard InChI is InChI=1S/C17H22N6O4.C5H10O2/c1-4-21(5-2)17-18-11-15(23(26)27)16(20-17)19-12(3)10-13-6-8-14(9-7-13)22(24)25;1-5(2,3)7-4-6/h6-9,11-12H,4-5,10H2,1-3H3,(H,18,19,20);4H,1-3H3. The lowest BCUT2D eigenvalue weighted by atomic mass is 10.1. The third kappa shape index (κ3) is 9.35. The van der Waals surface area contributed by atoms with Crippen LogP contribution >= 0.6 is 0 Å². The van der Waals surface area contributed by atoms with Gasteiger partial charge in [0.25, 0.3) is 12.2 Å². The third-order valence-corrected chi connectivity index (χ3v) is 4.47. The SMILES string of the molecule is CC(C)(C)OC=O.CCN(CC)c1ncc([N+](=O)[O-])c(NC(C)Cc2ccc([N+](=O)[O-])cc2)n1. The van der Waals surface area contributed by atoms with Crippen molar-refractivity contribution in [3.8, 4) is 0 Å². The van der Waals surface area contributed by atoms with Crippen molar-refractivity contribution < 1.29 is 19.4 Å². The molecule has 0 aliphatic heterocycles. The van der Waals surface area contributed by atoms with Crippen LogP contribution in [0.2, 0.25) is 0 Å². The fourth-order valence-electron chi connectivity index (χ4n) is 2.80. The fourth-order valence-corrected chi connectivity index (χ4v) is 2.80. The van der Waals surface area contributed by atoms with Crippen LogP contribution < -0.4 is 10.2 Å². The lowest BCUT2D eigenvalue weighted by molar-refractivity contribution is -0.384. The van der Waals surface area contributed by atoms with E-state index >= 15 is 0 Å². The first kappa shape index (κ1) is 28.2. The molecule has 0 bridgehead atoms. The Morgan fingerprint density at radius 2 is 1.71 bits per heavy atom. The molecule has 1 unspecified atom stereocenters. The number of benzene rings is 1. The molecule has 0 amide bonds. The summed E-state index contributed by atoms with van der Waals surface area (Å²) >= 11 is 0. The Hall–Kier alpha value is -3.83. The van der Waals surface area contributed by atoms with Crippen LogP contribution in [0, 0.1) is 20.2 Å². The number of nitro benzene ring substituents is 1. The Morgan fingerprint density at radius 3 is 2.12 bits per heavy atom. The largest absolute Gasteiger partial charge is 0.462 e. The summed E-state index contributed by atoms with van der Waals surface area (Å²) in [6.07, 6.45) is 1.74. The summed E-state index contributed by atoms with van der Waals surface area (Å²) in [6, 6.07) is 6.05. The Labute approximate surface area is 198 Å². The number of anilines is 2. The number of ether oxygens (including phenoxy) is 1. The molecular formula is C22H32N6O6. The molecule has 2 rings (SSSR count). The minimum atomic E-state index is -0.521. The van der Waals surface area contributed by atoms with Gasteiger partial charge in [0.15, 0.2) is 0 Å². The van der Waals surface area contributed by atoms with Gasteiger partial charge >= 0.3 is 5.69 Å². The monoisotopic (exact) mass is 476 g/mol. The van der Waals surface area contributed by atoms with Crippen LogP contribution in [0.25, 0.3) is 0 Å². The van der Waals surface area contributed by atoms with Gasteiger partial charge < -0.3 is 15.0 Å². The lowest BCUT2D eigenvalue weighted by Gasteiger charge is -2.20. The van der Waals surface area contributed by atoms with E-state index in [4.69, 9.17) is 0 Å². The zero-order valence-corrected chi connectivity index (χ0v) is 20.3. The lowest BCUT2D eigenvalue weighted by Crippen LogP contribution is -2.26. The Bertz CT molecular complexity index is 957. The Balaban J connectivity index is 0.000000718. The van der Waals surface area contributed by atoms with Crippen LogP contribution in [0.3, 0.4) is 0 Å². The molecule has 2 aromatic rings. The predicted octanol–water partition coefficient (Wildman–Crippen LogP) is 4.14. The van der Waals surface area contributed by atoms with Crippen molar-refractivity contribution in [1.82, 2.24) is 9.97 Å². The van der Waals surface area contributed by atoms with Crippen molar-refractivity contribution in [2.45, 2.75) is 59.6 Å². The van der Waals surface area contributed by atoms with Crippen molar-refractivity contribution >= 4 is 29.6 Å². The summed E-state index contributed by atoms with van der Waals surface area (Å²) in [5.41, 5.74) is 0.388. The van der Waals surface area contributed by atoms with E-state index in [1.54, 1.807) is 12.1 Å². The summed E-state index contributed by atoms with van der Waals surface area (Å²) in [7, 11) is 0. The first-order valence-corrected chi connectivity index (χ1v) is 10.8. The summed E-state index contributed by atoms with van der Waals surface area (Å²) < 4.78 is 4.55. The van der Waals surface area contributed by atoms with Gasteiger partial charge in [-0.25, -0.2) is 4.98 Å². The maximum Gasteiger partial charge on any atom is 0.329 e. The number of carbonyl (C=O) groups is 1. The van der Waals surface area contributed by atoms with E-state index in [2.05, 4.69) is 20.0 Å². The number of hydrogen-bond acceptors (Lipinski definition) is 10. The van der Waals surface area contributed by atoms with Gasteiger partial charge in [-0.2, -0.15) is 4.98 Å². The second-order valence-corrected chi connectivity index (χ2v) is 8.33. The molecule has 0 saturated carbocycles. The van der Waals surface area contributed by atoms with E-state index in [1.807, 2.05) is 46.4 Å². The molecule has 186 valence electrons. The van der Waals surface area contributed by atoms with Gasteiger partial charge in [-0.3, -0.25) is 25.0 Å². The molecule has 0 aliphatic carbocycles. The van der Waals surface area contributed by atoms with Gasteiger partial charge in [-0.05, 0) is 53.5 Å². The van der Waals surface area contributed by atoms with Crippen LogP contribution in [-0.4, -0.2) is 51.0 Å². The van der Waals surface area contributed by atoms with E-state index < -0.39 is 9.85 Å². The van der Waals surface area contributed by atoms with Crippen molar-refractivity contribution in [2.75, 3.05) is 23.3 Å². The third-order valence-electron chi connectivity index (χ3n) is 4.47. The number of non-ortho nitro benzene ring substituents is 1. The molecule has 0 fully saturated rings. The van der Waals surface area contributed by atoms with Gasteiger partial charge in [-0.1, -0.05) is 12.1 Å². The minimum absolute atomic E-state index is 0.0228. The maximum absolute atomic E-state index is 11.3. The van der Waals surface area contributed by atoms with Gasteiger partial charge in [0, 0.05) is 31.3 Å². The zero-order valence-electron chi connectivity index (χ0n) is 20.3. The smallest absolute Gasteiger partial charge is 0.329 e. The van der Waals surface area contributed by atoms with Crippen molar-refractivity contribution in [1.29, 1.82) is 0 Å². The van der Waals surface area contributed by atoms with Crippen molar-refractivity contribution in [3.63, 3.8) is 0 Å².